The second kappa shape index (κ2) is 6.12. The van der Waals surface area contributed by atoms with Crippen LogP contribution >= 0.6 is 0 Å². The van der Waals surface area contributed by atoms with Gasteiger partial charge in [0.25, 0.3) is 0 Å². The van der Waals surface area contributed by atoms with Gasteiger partial charge in [-0.1, -0.05) is 12.1 Å². The largest absolute Gasteiger partial charge is 0.391 e. The summed E-state index contributed by atoms with van der Waals surface area (Å²) in [6, 6.07) is 7.79. The lowest BCUT2D eigenvalue weighted by Gasteiger charge is -2.25. The molecule has 1 fully saturated rings. The highest BCUT2D eigenvalue weighted by molar-refractivity contribution is 5.77. The van der Waals surface area contributed by atoms with Crippen molar-refractivity contribution in [3.63, 3.8) is 0 Å². The molecule has 0 unspecified atom stereocenters. The summed E-state index contributed by atoms with van der Waals surface area (Å²) in [6.45, 7) is 4.22. The number of likely N-dealkylation sites (tertiary alicyclic amines) is 1. The number of halogens is 1. The molecule has 2 atom stereocenters. The molecule has 0 saturated carbocycles. The van der Waals surface area contributed by atoms with Crippen LogP contribution < -0.4 is 0 Å². The summed E-state index contributed by atoms with van der Waals surface area (Å²) < 4.78 is 14.8. The Bertz CT molecular complexity index is 711. The second-order valence-electron chi connectivity index (χ2n) is 6.09. The van der Waals surface area contributed by atoms with Gasteiger partial charge in [-0.2, -0.15) is 5.10 Å². The highest BCUT2D eigenvalue weighted by atomic mass is 19.1. The minimum Gasteiger partial charge on any atom is -0.391 e. The average Bonchev–Trinajstić information content (AvgIpc) is 3.02. The van der Waals surface area contributed by atoms with Gasteiger partial charge in [-0.15, -0.1) is 0 Å². The topological polar surface area (TPSA) is 58.4 Å². The zero-order chi connectivity index (χ0) is 16.6. The normalized spacial score (nSPS) is 21.0. The number of hydrogen-bond donors (Lipinski definition) is 1. The van der Waals surface area contributed by atoms with Gasteiger partial charge >= 0.3 is 0 Å². The molecule has 1 aliphatic heterocycles. The molecule has 23 heavy (non-hydrogen) atoms. The number of β-amino-alcohol motifs (C(OH)–C–C–N with tert-alkyl or cyclic N) is 1. The Morgan fingerprint density at radius 1 is 1.35 bits per heavy atom. The molecule has 0 radical (unpaired) electrons. The van der Waals surface area contributed by atoms with Crippen LogP contribution in [-0.4, -0.2) is 38.3 Å². The van der Waals surface area contributed by atoms with Crippen LogP contribution in [0.2, 0.25) is 0 Å². The number of benzene rings is 1. The molecule has 1 N–H and O–H groups in total. The van der Waals surface area contributed by atoms with Gasteiger partial charge < -0.3 is 10.0 Å². The molecular formula is C17H20FN3O2. The second-order valence-corrected chi connectivity index (χ2v) is 6.09. The molecule has 1 amide bonds. The van der Waals surface area contributed by atoms with E-state index in [4.69, 9.17) is 0 Å². The Hall–Kier alpha value is -2.21. The first-order valence-corrected chi connectivity index (χ1v) is 7.68. The van der Waals surface area contributed by atoms with Crippen LogP contribution in [0.1, 0.15) is 29.4 Å². The van der Waals surface area contributed by atoms with E-state index in [2.05, 4.69) is 5.10 Å². The van der Waals surface area contributed by atoms with E-state index in [0.717, 1.165) is 17.0 Å². The van der Waals surface area contributed by atoms with Crippen LogP contribution in [0.5, 0.6) is 0 Å². The van der Waals surface area contributed by atoms with Gasteiger partial charge in [0, 0.05) is 12.2 Å². The third-order valence-electron chi connectivity index (χ3n) is 4.24. The van der Waals surface area contributed by atoms with Gasteiger partial charge in [-0.25, -0.2) is 4.39 Å². The number of carbonyl (C=O) groups is 1. The van der Waals surface area contributed by atoms with E-state index >= 15 is 0 Å². The first-order chi connectivity index (χ1) is 10.9. The van der Waals surface area contributed by atoms with Crippen LogP contribution in [0.4, 0.5) is 4.39 Å². The molecule has 0 bridgehead atoms. The fourth-order valence-electron chi connectivity index (χ4n) is 3.14. The molecule has 5 nitrogen and oxygen atoms in total. The predicted molar refractivity (Wildman–Crippen MR) is 83.2 cm³/mol. The van der Waals surface area contributed by atoms with Gasteiger partial charge in [0.05, 0.1) is 17.8 Å². The first-order valence-electron chi connectivity index (χ1n) is 7.68. The van der Waals surface area contributed by atoms with E-state index in [-0.39, 0.29) is 24.3 Å². The van der Waals surface area contributed by atoms with Crippen molar-refractivity contribution in [3.05, 3.63) is 53.1 Å². The van der Waals surface area contributed by atoms with Gasteiger partial charge in [0.2, 0.25) is 5.91 Å². The Labute approximate surface area is 134 Å². The van der Waals surface area contributed by atoms with E-state index in [1.54, 1.807) is 21.7 Å². The predicted octanol–water partition coefficient (Wildman–Crippen LogP) is 1.97. The molecule has 122 valence electrons. The summed E-state index contributed by atoms with van der Waals surface area (Å²) >= 11 is 0. The SMILES string of the molecule is Cc1cc(C)n(CC(=O)N2C[C@@H](O)C[C@@H]2c2ccc(F)cc2)n1. The number of rotatable bonds is 3. The summed E-state index contributed by atoms with van der Waals surface area (Å²) in [5.74, 6) is -0.408. The number of carbonyl (C=O) groups excluding carboxylic acids is 1. The van der Waals surface area contributed by atoms with Crippen LogP contribution in [0.15, 0.2) is 30.3 Å². The third kappa shape index (κ3) is 3.27. The lowest BCUT2D eigenvalue weighted by atomic mass is 10.0. The van der Waals surface area contributed by atoms with E-state index in [9.17, 15) is 14.3 Å². The van der Waals surface area contributed by atoms with Crippen molar-refractivity contribution >= 4 is 5.91 Å². The molecule has 0 spiro atoms. The molecule has 6 heteroatoms. The molecule has 1 aromatic heterocycles. The number of amides is 1. The maximum Gasteiger partial charge on any atom is 0.244 e. The van der Waals surface area contributed by atoms with Crippen molar-refractivity contribution in [3.8, 4) is 0 Å². The van der Waals surface area contributed by atoms with E-state index in [0.29, 0.717) is 13.0 Å². The van der Waals surface area contributed by atoms with Crippen LogP contribution in [0.3, 0.4) is 0 Å². The molecule has 1 aliphatic rings. The monoisotopic (exact) mass is 317 g/mol. The summed E-state index contributed by atoms with van der Waals surface area (Å²) in [5.41, 5.74) is 2.63. The zero-order valence-electron chi connectivity index (χ0n) is 13.2. The van der Waals surface area contributed by atoms with Gasteiger partial charge in [-0.05, 0) is 44.0 Å². The third-order valence-corrected chi connectivity index (χ3v) is 4.24. The summed E-state index contributed by atoms with van der Waals surface area (Å²) in [4.78, 5) is 14.3. The fraction of sp³-hybridized carbons (Fsp3) is 0.412. The van der Waals surface area contributed by atoms with E-state index in [1.165, 1.54) is 12.1 Å². The molecule has 1 aromatic carbocycles. The number of aliphatic hydroxyl groups is 1. The molecule has 1 saturated heterocycles. The quantitative estimate of drug-likeness (QED) is 0.941. The van der Waals surface area contributed by atoms with Crippen molar-refractivity contribution in [1.82, 2.24) is 14.7 Å². The molecular weight excluding hydrogens is 297 g/mol. The maximum atomic E-state index is 13.1. The Balaban J connectivity index is 1.80. The number of aryl methyl sites for hydroxylation is 2. The summed E-state index contributed by atoms with van der Waals surface area (Å²) in [6.07, 6.45) is -0.0939. The Kier molecular flexibility index (Phi) is 4.17. The summed E-state index contributed by atoms with van der Waals surface area (Å²) in [7, 11) is 0. The average molecular weight is 317 g/mol. The first kappa shape index (κ1) is 15.7. The van der Waals surface area contributed by atoms with Gasteiger partial charge in [0.1, 0.15) is 12.4 Å². The molecule has 2 heterocycles. The van der Waals surface area contributed by atoms with Crippen molar-refractivity contribution in [2.45, 2.75) is 39.0 Å². The van der Waals surface area contributed by atoms with Crippen molar-refractivity contribution < 1.29 is 14.3 Å². The smallest absolute Gasteiger partial charge is 0.244 e. The molecule has 3 rings (SSSR count). The number of nitrogens with zero attached hydrogens (tertiary/aromatic N) is 3. The van der Waals surface area contributed by atoms with E-state index < -0.39 is 6.10 Å². The summed E-state index contributed by atoms with van der Waals surface area (Å²) in [5, 5.41) is 14.3. The zero-order valence-corrected chi connectivity index (χ0v) is 13.2. The Morgan fingerprint density at radius 3 is 2.65 bits per heavy atom. The number of aliphatic hydroxyl groups excluding tert-OH is 1. The number of hydrogen-bond acceptors (Lipinski definition) is 3. The number of aromatic nitrogens is 2. The fourth-order valence-corrected chi connectivity index (χ4v) is 3.14. The van der Waals surface area contributed by atoms with Crippen molar-refractivity contribution in [1.29, 1.82) is 0 Å². The van der Waals surface area contributed by atoms with Crippen molar-refractivity contribution in [2.24, 2.45) is 0 Å². The maximum absolute atomic E-state index is 13.1. The highest BCUT2D eigenvalue weighted by Crippen LogP contribution is 2.32. The van der Waals surface area contributed by atoms with Gasteiger partial charge in [0.15, 0.2) is 0 Å². The lowest BCUT2D eigenvalue weighted by molar-refractivity contribution is -0.133. The standard InChI is InChI=1S/C17H20FN3O2/c1-11-7-12(2)21(19-11)10-17(23)20-9-15(22)8-16(20)13-3-5-14(18)6-4-13/h3-7,15-16,22H,8-10H2,1-2H3/t15-,16+/m0/s1. The van der Waals surface area contributed by atoms with Crippen molar-refractivity contribution in [2.75, 3.05) is 6.54 Å². The minimum absolute atomic E-state index is 0.0953. The van der Waals surface area contributed by atoms with Crippen LogP contribution in [0, 0.1) is 19.7 Å². The highest BCUT2D eigenvalue weighted by Gasteiger charge is 2.35. The van der Waals surface area contributed by atoms with Crippen LogP contribution in [0.25, 0.3) is 0 Å². The Morgan fingerprint density at radius 2 is 2.04 bits per heavy atom. The van der Waals surface area contributed by atoms with Crippen LogP contribution in [-0.2, 0) is 11.3 Å². The molecule has 2 aromatic rings. The van der Waals surface area contributed by atoms with E-state index in [1.807, 2.05) is 19.9 Å². The molecule has 0 aliphatic carbocycles. The lowest BCUT2D eigenvalue weighted by Crippen LogP contribution is -2.35. The minimum atomic E-state index is -0.561. The van der Waals surface area contributed by atoms with Gasteiger partial charge in [-0.3, -0.25) is 9.48 Å².